The first-order valence-corrected chi connectivity index (χ1v) is 14.2. The number of carbonyl (C=O) groups excluding carboxylic acids is 3. The lowest BCUT2D eigenvalue weighted by Gasteiger charge is -2.45. The molecule has 0 aromatic heterocycles. The molecule has 0 unspecified atom stereocenters. The molecule has 2 N–H and O–H groups in total. The highest BCUT2D eigenvalue weighted by atomic mass is 35.5. The van der Waals surface area contributed by atoms with E-state index >= 15 is 0 Å². The van der Waals surface area contributed by atoms with Crippen molar-refractivity contribution in [1.29, 1.82) is 0 Å². The van der Waals surface area contributed by atoms with E-state index in [2.05, 4.69) is 29.6 Å². The summed E-state index contributed by atoms with van der Waals surface area (Å²) in [6.07, 6.45) is 0. The topological polar surface area (TPSA) is 86.7 Å². The number of benzene rings is 5. The summed E-state index contributed by atoms with van der Waals surface area (Å²) in [5.41, 5.74) is 5.05. The number of imide groups is 1. The zero-order chi connectivity index (χ0) is 28.7. The van der Waals surface area contributed by atoms with Crippen LogP contribution in [0.5, 0.6) is 5.75 Å². The molecule has 1 aliphatic heterocycles. The highest BCUT2D eigenvalue weighted by Gasteiger charge is 2.62. The Labute approximate surface area is 246 Å². The summed E-state index contributed by atoms with van der Waals surface area (Å²) in [5.74, 6) is -2.78. The molecule has 9 rings (SSSR count). The van der Waals surface area contributed by atoms with Gasteiger partial charge in [-0.3, -0.25) is 14.4 Å². The second-order valence-corrected chi connectivity index (χ2v) is 11.5. The van der Waals surface area contributed by atoms with Gasteiger partial charge in [0.15, 0.2) is 0 Å². The minimum atomic E-state index is -0.545. The Bertz CT molecular complexity index is 1890. The van der Waals surface area contributed by atoms with Crippen LogP contribution < -0.4 is 10.2 Å². The van der Waals surface area contributed by atoms with Crippen molar-refractivity contribution in [2.45, 2.75) is 11.8 Å². The van der Waals surface area contributed by atoms with Crippen LogP contribution in [0.25, 0.3) is 10.8 Å². The number of aromatic hydroxyl groups is 1. The number of halogens is 1. The Kier molecular flexibility index (Phi) is 5.34. The van der Waals surface area contributed by atoms with Gasteiger partial charge in [0.1, 0.15) is 5.75 Å². The van der Waals surface area contributed by atoms with Crippen molar-refractivity contribution in [3.63, 3.8) is 0 Å². The van der Waals surface area contributed by atoms with Gasteiger partial charge in [0.25, 0.3) is 5.91 Å². The second kappa shape index (κ2) is 9.03. The van der Waals surface area contributed by atoms with Crippen LogP contribution in [0.4, 0.5) is 11.4 Å². The molecule has 0 spiro atoms. The molecule has 1 heterocycles. The number of nitrogens with one attached hydrogen (secondary N) is 1. The second-order valence-electron chi connectivity index (χ2n) is 11.1. The molecule has 7 heteroatoms. The van der Waals surface area contributed by atoms with Crippen molar-refractivity contribution in [3.8, 4) is 5.75 Å². The van der Waals surface area contributed by atoms with Crippen molar-refractivity contribution in [3.05, 3.63) is 136 Å². The van der Waals surface area contributed by atoms with Gasteiger partial charge in [-0.15, -0.1) is 0 Å². The van der Waals surface area contributed by atoms with E-state index in [9.17, 15) is 19.5 Å². The van der Waals surface area contributed by atoms with E-state index in [0.717, 1.165) is 27.6 Å². The van der Waals surface area contributed by atoms with E-state index < -0.39 is 17.7 Å². The van der Waals surface area contributed by atoms with Crippen LogP contribution in [0.15, 0.2) is 103 Å². The maximum absolute atomic E-state index is 14.2. The Morgan fingerprint density at radius 2 is 1.26 bits per heavy atom. The van der Waals surface area contributed by atoms with E-state index in [4.69, 9.17) is 11.6 Å². The number of anilines is 2. The Morgan fingerprint density at radius 3 is 1.86 bits per heavy atom. The number of rotatable bonds is 3. The zero-order valence-corrected chi connectivity index (χ0v) is 22.9. The largest absolute Gasteiger partial charge is 0.506 e. The molecule has 0 saturated carbocycles. The molecule has 2 atom stereocenters. The molecule has 5 aromatic carbocycles. The average Bonchev–Trinajstić information content (AvgIpc) is 3.28. The summed E-state index contributed by atoms with van der Waals surface area (Å²) in [6.45, 7) is 0. The van der Waals surface area contributed by atoms with Crippen molar-refractivity contribution in [2.24, 2.45) is 11.8 Å². The van der Waals surface area contributed by atoms with Gasteiger partial charge in [-0.2, -0.15) is 0 Å². The predicted octanol–water partition coefficient (Wildman–Crippen LogP) is 6.85. The number of fused-ring (bicyclic) bond motifs is 1. The van der Waals surface area contributed by atoms with Gasteiger partial charge in [-0.1, -0.05) is 90.5 Å². The van der Waals surface area contributed by atoms with Gasteiger partial charge in [-0.25, -0.2) is 4.90 Å². The summed E-state index contributed by atoms with van der Waals surface area (Å²) in [5, 5.41) is 15.2. The van der Waals surface area contributed by atoms with E-state index in [0.29, 0.717) is 11.1 Å². The summed E-state index contributed by atoms with van der Waals surface area (Å²) < 4.78 is 0. The SMILES string of the molecule is O=C(Nc1ccc(Cl)c(N2C(=O)[C@@H]3C4c5ccccc5C(c5ccccc54)[C@@H]3C2=O)c1)c1ccc2ccccc2c1O. The molecular formula is C35H23ClN2O4. The Hall–Kier alpha value is -4.94. The monoisotopic (exact) mass is 570 g/mol. The maximum Gasteiger partial charge on any atom is 0.259 e. The summed E-state index contributed by atoms with van der Waals surface area (Å²) in [6, 6.07) is 31.5. The number of carbonyl (C=O) groups is 3. The Morgan fingerprint density at radius 1 is 0.714 bits per heavy atom. The molecule has 4 aliphatic rings. The highest BCUT2D eigenvalue weighted by molar-refractivity contribution is 6.36. The Balaban J connectivity index is 1.16. The number of hydrogen-bond donors (Lipinski definition) is 2. The van der Waals surface area contributed by atoms with Crippen LogP contribution >= 0.6 is 11.6 Å². The molecule has 2 bridgehead atoms. The quantitative estimate of drug-likeness (QED) is 0.232. The number of phenols is 1. The first-order chi connectivity index (χ1) is 20.4. The van der Waals surface area contributed by atoms with Crippen molar-refractivity contribution >= 4 is 51.5 Å². The van der Waals surface area contributed by atoms with Gasteiger partial charge < -0.3 is 10.4 Å². The minimum absolute atomic E-state index is 0.108. The van der Waals surface area contributed by atoms with Crippen LogP contribution in [0.1, 0.15) is 44.4 Å². The minimum Gasteiger partial charge on any atom is -0.506 e. The van der Waals surface area contributed by atoms with Crippen molar-refractivity contribution < 1.29 is 19.5 Å². The zero-order valence-electron chi connectivity index (χ0n) is 22.1. The van der Waals surface area contributed by atoms with Crippen LogP contribution in [-0.2, 0) is 9.59 Å². The lowest BCUT2D eigenvalue weighted by atomic mass is 9.55. The normalized spacial score (nSPS) is 21.7. The first kappa shape index (κ1) is 24.8. The van der Waals surface area contributed by atoms with Gasteiger partial charge in [0.05, 0.1) is 28.1 Å². The summed E-state index contributed by atoms with van der Waals surface area (Å²) in [7, 11) is 0. The predicted molar refractivity (Wildman–Crippen MR) is 161 cm³/mol. The average molecular weight is 571 g/mol. The standard InChI is InChI=1S/C35H23ClN2O4/c36-26-16-14-19(37-33(40)25-15-13-18-7-1-2-8-20(18)32(25)39)17-27(26)38-34(41)30-28-21-9-3-4-10-22(21)29(31(30)35(38)42)24-12-6-5-11-23(24)28/h1-17,28-31,39H,(H,37,40)/t28?,29?,30-,31+. The smallest absolute Gasteiger partial charge is 0.259 e. The lowest BCUT2D eigenvalue weighted by Crippen LogP contribution is -2.41. The molecule has 0 radical (unpaired) electrons. The molecule has 204 valence electrons. The van der Waals surface area contributed by atoms with Gasteiger partial charge in [0, 0.05) is 22.9 Å². The van der Waals surface area contributed by atoms with E-state index in [1.165, 1.54) is 4.90 Å². The maximum atomic E-state index is 14.2. The molecule has 1 fully saturated rings. The first-order valence-electron chi connectivity index (χ1n) is 13.8. The fourth-order valence-electron chi connectivity index (χ4n) is 7.31. The third-order valence-electron chi connectivity index (χ3n) is 9.04. The molecule has 5 aromatic rings. The van der Waals surface area contributed by atoms with E-state index in [1.807, 2.05) is 36.4 Å². The molecule has 42 heavy (non-hydrogen) atoms. The highest BCUT2D eigenvalue weighted by Crippen LogP contribution is 2.61. The van der Waals surface area contributed by atoms with Crippen LogP contribution in [0.3, 0.4) is 0 Å². The third-order valence-corrected chi connectivity index (χ3v) is 9.36. The number of hydrogen-bond acceptors (Lipinski definition) is 4. The molecular weight excluding hydrogens is 548 g/mol. The van der Waals surface area contributed by atoms with E-state index in [-0.39, 0.29) is 45.7 Å². The van der Waals surface area contributed by atoms with Gasteiger partial charge in [0.2, 0.25) is 11.8 Å². The summed E-state index contributed by atoms with van der Waals surface area (Å²) in [4.78, 5) is 42.8. The van der Waals surface area contributed by atoms with Crippen LogP contribution in [0.2, 0.25) is 5.02 Å². The van der Waals surface area contributed by atoms with Gasteiger partial charge >= 0.3 is 0 Å². The van der Waals surface area contributed by atoms with Crippen molar-refractivity contribution in [2.75, 3.05) is 10.2 Å². The van der Waals surface area contributed by atoms with Crippen LogP contribution in [0, 0.1) is 11.8 Å². The van der Waals surface area contributed by atoms with Crippen LogP contribution in [-0.4, -0.2) is 22.8 Å². The summed E-state index contributed by atoms with van der Waals surface area (Å²) >= 11 is 6.62. The fraction of sp³-hybridized carbons (Fsp3) is 0.114. The fourth-order valence-corrected chi connectivity index (χ4v) is 7.52. The molecule has 3 amide bonds. The molecule has 6 nitrogen and oxygen atoms in total. The third kappa shape index (κ3) is 3.36. The lowest BCUT2D eigenvalue weighted by molar-refractivity contribution is -0.122. The van der Waals surface area contributed by atoms with Crippen molar-refractivity contribution in [1.82, 2.24) is 0 Å². The molecule has 3 aliphatic carbocycles. The number of phenolic OH excluding ortho intramolecular Hbond substituents is 1. The number of amides is 3. The van der Waals surface area contributed by atoms with Gasteiger partial charge in [-0.05, 0) is 51.9 Å². The van der Waals surface area contributed by atoms with E-state index in [1.54, 1.807) is 42.5 Å². The molecule has 1 saturated heterocycles. The number of nitrogens with zero attached hydrogens (tertiary/aromatic N) is 1.